The average Bonchev–Trinajstić information content (AvgIpc) is 3.17. The molecule has 1 aromatic carbocycles. The van der Waals surface area contributed by atoms with Gasteiger partial charge >= 0.3 is 0 Å². The first-order valence-electron chi connectivity index (χ1n) is 7.21. The van der Waals surface area contributed by atoms with E-state index in [0.717, 1.165) is 17.9 Å². The fourth-order valence-corrected chi connectivity index (χ4v) is 2.84. The predicted octanol–water partition coefficient (Wildman–Crippen LogP) is 1.79. The second kappa shape index (κ2) is 4.47. The quantitative estimate of drug-likeness (QED) is 0.877. The number of hydrogen-bond acceptors (Lipinski definition) is 3. The van der Waals surface area contributed by atoms with Crippen LogP contribution in [0.5, 0.6) is 0 Å². The molecular formula is C16H17N3O. The van der Waals surface area contributed by atoms with E-state index in [9.17, 15) is 4.79 Å². The summed E-state index contributed by atoms with van der Waals surface area (Å²) in [5.74, 6) is 1.37. The molecule has 1 aliphatic carbocycles. The highest BCUT2D eigenvalue weighted by atomic mass is 16.2. The van der Waals surface area contributed by atoms with Crippen LogP contribution in [-0.2, 0) is 4.79 Å². The van der Waals surface area contributed by atoms with Crippen LogP contribution in [0.1, 0.15) is 24.8 Å². The summed E-state index contributed by atoms with van der Waals surface area (Å²) < 4.78 is 0. The van der Waals surface area contributed by atoms with Crippen molar-refractivity contribution in [1.29, 1.82) is 0 Å². The van der Waals surface area contributed by atoms with Crippen LogP contribution in [-0.4, -0.2) is 17.9 Å². The SMILES string of the molecule is O=C1NC(c2ccccc2)=NC2NC(CC3CC3)=CC12. The number of rotatable bonds is 3. The summed E-state index contributed by atoms with van der Waals surface area (Å²) in [5.41, 5.74) is 2.15. The van der Waals surface area contributed by atoms with Gasteiger partial charge in [-0.25, -0.2) is 4.99 Å². The van der Waals surface area contributed by atoms with E-state index in [4.69, 9.17) is 0 Å². The molecule has 4 nitrogen and oxygen atoms in total. The highest BCUT2D eigenvalue weighted by Crippen LogP contribution is 2.37. The lowest BCUT2D eigenvalue weighted by molar-refractivity contribution is -0.123. The van der Waals surface area contributed by atoms with Crippen LogP contribution in [0.4, 0.5) is 0 Å². The van der Waals surface area contributed by atoms with Crippen molar-refractivity contribution >= 4 is 11.7 Å². The normalized spacial score (nSPS) is 28.1. The van der Waals surface area contributed by atoms with Gasteiger partial charge in [-0.15, -0.1) is 0 Å². The highest BCUT2D eigenvalue weighted by Gasteiger charge is 2.37. The van der Waals surface area contributed by atoms with E-state index in [0.29, 0.717) is 5.84 Å². The third-order valence-electron chi connectivity index (χ3n) is 4.12. The molecule has 20 heavy (non-hydrogen) atoms. The Morgan fingerprint density at radius 1 is 1.20 bits per heavy atom. The molecule has 3 aliphatic rings. The summed E-state index contributed by atoms with van der Waals surface area (Å²) in [5, 5.41) is 6.33. The van der Waals surface area contributed by atoms with Crippen LogP contribution in [0.3, 0.4) is 0 Å². The van der Waals surface area contributed by atoms with Gasteiger partial charge in [-0.1, -0.05) is 30.3 Å². The molecule has 4 heteroatoms. The number of nitrogens with one attached hydrogen (secondary N) is 2. The van der Waals surface area contributed by atoms with Gasteiger partial charge in [-0.2, -0.15) is 0 Å². The van der Waals surface area contributed by atoms with E-state index in [1.807, 2.05) is 30.3 Å². The Bertz CT molecular complexity index is 601. The fourth-order valence-electron chi connectivity index (χ4n) is 2.84. The molecule has 1 aromatic rings. The number of aliphatic imine (C=N–C) groups is 1. The Balaban J connectivity index is 1.57. The van der Waals surface area contributed by atoms with Crippen LogP contribution in [0, 0.1) is 11.8 Å². The van der Waals surface area contributed by atoms with Gasteiger partial charge < -0.3 is 10.6 Å². The lowest BCUT2D eigenvalue weighted by atomic mass is 10.0. The molecule has 0 aromatic heterocycles. The average molecular weight is 267 g/mol. The van der Waals surface area contributed by atoms with Gasteiger partial charge in [0.15, 0.2) is 0 Å². The maximum atomic E-state index is 12.2. The minimum absolute atomic E-state index is 0.0437. The molecule has 0 radical (unpaired) electrons. The van der Waals surface area contributed by atoms with Gasteiger partial charge in [-0.3, -0.25) is 4.79 Å². The van der Waals surface area contributed by atoms with Crippen LogP contribution >= 0.6 is 0 Å². The summed E-state index contributed by atoms with van der Waals surface area (Å²) in [6.07, 6.45) is 5.63. The molecule has 0 bridgehead atoms. The number of fused-ring (bicyclic) bond motifs is 1. The number of allylic oxidation sites excluding steroid dienone is 1. The molecule has 2 aliphatic heterocycles. The second-order valence-electron chi connectivity index (χ2n) is 5.79. The Hall–Kier alpha value is -2.10. The van der Waals surface area contributed by atoms with Crippen molar-refractivity contribution in [2.45, 2.75) is 25.4 Å². The van der Waals surface area contributed by atoms with Crippen LogP contribution in [0.2, 0.25) is 0 Å². The summed E-state index contributed by atoms with van der Waals surface area (Å²) >= 11 is 0. The summed E-state index contributed by atoms with van der Waals surface area (Å²) in [6, 6.07) is 9.80. The Kier molecular flexibility index (Phi) is 2.62. The summed E-state index contributed by atoms with van der Waals surface area (Å²) in [7, 11) is 0. The molecule has 0 saturated heterocycles. The van der Waals surface area contributed by atoms with Gasteiger partial charge in [0.1, 0.15) is 12.0 Å². The van der Waals surface area contributed by atoms with E-state index >= 15 is 0 Å². The topological polar surface area (TPSA) is 53.5 Å². The number of carbonyl (C=O) groups excluding carboxylic acids is 1. The molecule has 2 atom stereocenters. The molecule has 1 saturated carbocycles. The zero-order valence-corrected chi connectivity index (χ0v) is 11.2. The summed E-state index contributed by atoms with van der Waals surface area (Å²) in [4.78, 5) is 16.9. The van der Waals surface area contributed by atoms with Crippen molar-refractivity contribution in [2.24, 2.45) is 16.8 Å². The van der Waals surface area contributed by atoms with Crippen LogP contribution < -0.4 is 10.6 Å². The molecule has 1 fully saturated rings. The molecule has 2 unspecified atom stereocenters. The number of amides is 1. The van der Waals surface area contributed by atoms with E-state index in [1.54, 1.807) is 0 Å². The first-order valence-corrected chi connectivity index (χ1v) is 7.21. The maximum absolute atomic E-state index is 12.2. The summed E-state index contributed by atoms with van der Waals surface area (Å²) in [6.45, 7) is 0. The largest absolute Gasteiger partial charge is 0.366 e. The number of nitrogens with zero attached hydrogens (tertiary/aromatic N) is 1. The van der Waals surface area contributed by atoms with Crippen molar-refractivity contribution in [3.63, 3.8) is 0 Å². The van der Waals surface area contributed by atoms with E-state index in [1.165, 1.54) is 18.5 Å². The molecule has 102 valence electrons. The fraction of sp³-hybridized carbons (Fsp3) is 0.375. The lowest BCUT2D eigenvalue weighted by Crippen LogP contribution is -2.47. The maximum Gasteiger partial charge on any atom is 0.236 e. The zero-order valence-electron chi connectivity index (χ0n) is 11.2. The third kappa shape index (κ3) is 2.11. The predicted molar refractivity (Wildman–Crippen MR) is 77.0 cm³/mol. The van der Waals surface area contributed by atoms with E-state index in [-0.39, 0.29) is 18.0 Å². The third-order valence-corrected chi connectivity index (χ3v) is 4.12. The van der Waals surface area contributed by atoms with Gasteiger partial charge in [0.2, 0.25) is 5.91 Å². The van der Waals surface area contributed by atoms with Gasteiger partial charge in [0, 0.05) is 11.3 Å². The van der Waals surface area contributed by atoms with E-state index < -0.39 is 0 Å². The van der Waals surface area contributed by atoms with Crippen molar-refractivity contribution < 1.29 is 4.79 Å². The van der Waals surface area contributed by atoms with Crippen LogP contribution in [0.15, 0.2) is 47.1 Å². The minimum Gasteiger partial charge on any atom is -0.366 e. The molecule has 0 spiro atoms. The van der Waals surface area contributed by atoms with Crippen LogP contribution in [0.25, 0.3) is 0 Å². The second-order valence-corrected chi connectivity index (χ2v) is 5.79. The van der Waals surface area contributed by atoms with Crippen molar-refractivity contribution in [1.82, 2.24) is 10.6 Å². The Morgan fingerprint density at radius 3 is 2.75 bits per heavy atom. The van der Waals surface area contributed by atoms with Gasteiger partial charge in [0.25, 0.3) is 0 Å². The van der Waals surface area contributed by atoms with Crippen molar-refractivity contribution in [3.05, 3.63) is 47.7 Å². The molecule has 2 N–H and O–H groups in total. The molecular weight excluding hydrogens is 250 g/mol. The van der Waals surface area contributed by atoms with Gasteiger partial charge in [-0.05, 0) is 31.3 Å². The van der Waals surface area contributed by atoms with Crippen molar-refractivity contribution in [2.75, 3.05) is 0 Å². The smallest absolute Gasteiger partial charge is 0.236 e. The monoisotopic (exact) mass is 267 g/mol. The number of hydrogen-bond donors (Lipinski definition) is 2. The lowest BCUT2D eigenvalue weighted by Gasteiger charge is -2.23. The Labute approximate surface area is 118 Å². The number of carbonyl (C=O) groups is 1. The minimum atomic E-state index is -0.156. The van der Waals surface area contributed by atoms with Crippen molar-refractivity contribution in [3.8, 4) is 0 Å². The molecule has 1 amide bonds. The van der Waals surface area contributed by atoms with Gasteiger partial charge in [0.05, 0.1) is 5.92 Å². The molecule has 4 rings (SSSR count). The first kappa shape index (κ1) is 11.7. The number of amidine groups is 1. The first-order chi connectivity index (χ1) is 9.79. The standard InChI is InChI=1S/C16H17N3O/c20-16-13-9-12(8-10-6-7-10)17-15(13)18-14(19-16)11-4-2-1-3-5-11/h1-5,9-10,13,15,17H,6-8H2,(H,18,19,20). The zero-order chi connectivity index (χ0) is 13.5. The van der Waals surface area contributed by atoms with E-state index in [2.05, 4.69) is 21.7 Å². The molecule has 2 heterocycles. The highest BCUT2D eigenvalue weighted by molar-refractivity contribution is 6.10. The Morgan fingerprint density at radius 2 is 2.00 bits per heavy atom. The number of benzene rings is 1.